The molecule has 1 aliphatic rings. The van der Waals surface area contributed by atoms with Crippen molar-refractivity contribution in [1.29, 1.82) is 0 Å². The first-order chi connectivity index (χ1) is 7.65. The highest BCUT2D eigenvalue weighted by molar-refractivity contribution is 5.92. The van der Waals surface area contributed by atoms with Crippen LogP contribution in [0.5, 0.6) is 0 Å². The van der Waals surface area contributed by atoms with E-state index < -0.39 is 5.91 Å². The van der Waals surface area contributed by atoms with E-state index in [9.17, 15) is 9.59 Å². The molecule has 0 aromatic carbocycles. The molecule has 8 nitrogen and oxygen atoms in total. The second-order valence-electron chi connectivity index (χ2n) is 3.60. The van der Waals surface area contributed by atoms with E-state index in [0.717, 1.165) is 13.1 Å². The monoisotopic (exact) mass is 224 g/mol. The van der Waals surface area contributed by atoms with Crippen LogP contribution in [0.3, 0.4) is 0 Å². The van der Waals surface area contributed by atoms with Crippen LogP contribution in [0.2, 0.25) is 0 Å². The van der Waals surface area contributed by atoms with Crippen LogP contribution >= 0.6 is 0 Å². The Hall–Kier alpha value is -1.96. The lowest BCUT2D eigenvalue weighted by atomic mass is 10.2. The summed E-state index contributed by atoms with van der Waals surface area (Å²) in [4.78, 5) is 22.2. The molecular weight excluding hydrogens is 212 g/mol. The number of carbonyl (C=O) groups is 2. The third-order valence-electron chi connectivity index (χ3n) is 2.21. The minimum atomic E-state index is -0.528. The third kappa shape index (κ3) is 2.34. The molecule has 1 aromatic heterocycles. The fourth-order valence-electron chi connectivity index (χ4n) is 1.29. The number of nitrogens with zero attached hydrogens (tertiary/aromatic N) is 3. The zero-order chi connectivity index (χ0) is 11.5. The van der Waals surface area contributed by atoms with Gasteiger partial charge in [0.25, 0.3) is 5.91 Å². The van der Waals surface area contributed by atoms with Crippen LogP contribution in [0, 0.1) is 0 Å². The van der Waals surface area contributed by atoms with Crippen molar-refractivity contribution in [2.24, 2.45) is 5.73 Å². The smallest absolute Gasteiger partial charge is 0.273 e. The molecule has 8 heteroatoms. The van der Waals surface area contributed by atoms with Gasteiger partial charge in [-0.3, -0.25) is 9.59 Å². The maximum Gasteiger partial charge on any atom is 0.273 e. The fourth-order valence-corrected chi connectivity index (χ4v) is 1.29. The molecule has 1 saturated heterocycles. The van der Waals surface area contributed by atoms with E-state index in [1.807, 2.05) is 0 Å². The molecule has 0 aliphatic carbocycles. The number of amides is 2. The van der Waals surface area contributed by atoms with Crippen LogP contribution in [0.25, 0.3) is 0 Å². The topological polar surface area (TPSA) is 115 Å². The van der Waals surface area contributed by atoms with Gasteiger partial charge in [-0.25, -0.2) is 4.68 Å². The van der Waals surface area contributed by atoms with E-state index in [4.69, 9.17) is 5.73 Å². The number of carbonyl (C=O) groups excluding carboxylic acids is 2. The Labute approximate surface area is 91.2 Å². The zero-order valence-corrected chi connectivity index (χ0v) is 8.51. The molecular formula is C8H12N6O2. The van der Waals surface area contributed by atoms with Crippen molar-refractivity contribution in [3.8, 4) is 0 Å². The van der Waals surface area contributed by atoms with Crippen molar-refractivity contribution in [3.63, 3.8) is 0 Å². The zero-order valence-electron chi connectivity index (χ0n) is 8.51. The van der Waals surface area contributed by atoms with E-state index in [1.165, 1.54) is 10.9 Å². The van der Waals surface area contributed by atoms with E-state index in [0.29, 0.717) is 0 Å². The summed E-state index contributed by atoms with van der Waals surface area (Å²) in [6, 6.07) is 0.147. The molecule has 2 heterocycles. The minimum absolute atomic E-state index is 0.0781. The number of nitrogens with two attached hydrogens (primary N) is 1. The fraction of sp³-hybridized carbons (Fsp3) is 0.500. The molecule has 4 N–H and O–H groups in total. The van der Waals surface area contributed by atoms with Gasteiger partial charge in [0.2, 0.25) is 5.91 Å². The Kier molecular flexibility index (Phi) is 2.82. The predicted octanol–water partition coefficient (Wildman–Crippen LogP) is -2.53. The molecule has 1 fully saturated rings. The minimum Gasteiger partial charge on any atom is -0.368 e. The summed E-state index contributed by atoms with van der Waals surface area (Å²) in [5.41, 5.74) is 5.17. The Morgan fingerprint density at radius 3 is 2.94 bits per heavy atom. The average molecular weight is 224 g/mol. The van der Waals surface area contributed by atoms with E-state index in [1.54, 1.807) is 0 Å². The van der Waals surface area contributed by atoms with Crippen molar-refractivity contribution in [2.75, 3.05) is 13.1 Å². The molecule has 0 spiro atoms. The van der Waals surface area contributed by atoms with Crippen LogP contribution in [0.1, 0.15) is 10.5 Å². The molecule has 0 unspecified atom stereocenters. The lowest BCUT2D eigenvalue weighted by Crippen LogP contribution is -2.57. The number of hydrogen-bond donors (Lipinski definition) is 3. The van der Waals surface area contributed by atoms with Crippen LogP contribution in [0.4, 0.5) is 0 Å². The number of rotatable bonds is 4. The van der Waals surface area contributed by atoms with Crippen LogP contribution in [0.15, 0.2) is 6.20 Å². The van der Waals surface area contributed by atoms with Gasteiger partial charge in [-0.2, -0.15) is 0 Å². The summed E-state index contributed by atoms with van der Waals surface area (Å²) in [5.74, 6) is -0.817. The Morgan fingerprint density at radius 1 is 1.62 bits per heavy atom. The standard InChI is InChI=1S/C8H12N6O2/c9-7(15)4-14-3-6(12-13-14)8(16)11-5-1-10-2-5/h3,5,10H,1-2,4H2,(H2,9,15)(H,11,16). The number of aromatic nitrogens is 3. The SMILES string of the molecule is NC(=O)Cn1cc(C(=O)NC2CNC2)nn1. The van der Waals surface area contributed by atoms with Crippen molar-refractivity contribution >= 4 is 11.8 Å². The second-order valence-corrected chi connectivity index (χ2v) is 3.60. The van der Waals surface area contributed by atoms with Gasteiger partial charge in [0.15, 0.2) is 5.69 Å². The lowest BCUT2D eigenvalue weighted by molar-refractivity contribution is -0.118. The normalized spacial score (nSPS) is 15.5. The van der Waals surface area contributed by atoms with Gasteiger partial charge in [-0.15, -0.1) is 5.10 Å². The summed E-state index contributed by atoms with van der Waals surface area (Å²) in [6.07, 6.45) is 1.40. The van der Waals surface area contributed by atoms with Gasteiger partial charge >= 0.3 is 0 Å². The summed E-state index contributed by atoms with van der Waals surface area (Å²) in [5, 5.41) is 13.1. The quantitative estimate of drug-likeness (QED) is 0.521. The first-order valence-corrected chi connectivity index (χ1v) is 4.85. The molecule has 86 valence electrons. The number of nitrogens with one attached hydrogen (secondary N) is 2. The molecule has 0 bridgehead atoms. The predicted molar refractivity (Wildman–Crippen MR) is 53.3 cm³/mol. The Bertz CT molecular complexity index is 410. The molecule has 0 radical (unpaired) electrons. The maximum atomic E-state index is 11.6. The highest BCUT2D eigenvalue weighted by Gasteiger charge is 2.21. The van der Waals surface area contributed by atoms with Gasteiger partial charge in [0, 0.05) is 13.1 Å². The Balaban J connectivity index is 1.94. The molecule has 1 aromatic rings. The average Bonchev–Trinajstić information content (AvgIpc) is 2.58. The summed E-state index contributed by atoms with van der Waals surface area (Å²) in [7, 11) is 0. The van der Waals surface area contributed by atoms with Gasteiger partial charge in [0.1, 0.15) is 6.54 Å². The first kappa shape index (κ1) is 10.6. The van der Waals surface area contributed by atoms with Gasteiger partial charge in [-0.05, 0) is 0 Å². The van der Waals surface area contributed by atoms with E-state index >= 15 is 0 Å². The van der Waals surface area contributed by atoms with Gasteiger partial charge in [-0.1, -0.05) is 5.21 Å². The number of primary amides is 1. The number of hydrogen-bond acceptors (Lipinski definition) is 5. The van der Waals surface area contributed by atoms with E-state index in [2.05, 4.69) is 20.9 Å². The van der Waals surface area contributed by atoms with Crippen molar-refractivity contribution in [3.05, 3.63) is 11.9 Å². The lowest BCUT2D eigenvalue weighted by Gasteiger charge is -2.27. The molecule has 2 rings (SSSR count). The summed E-state index contributed by atoms with van der Waals surface area (Å²) >= 11 is 0. The Morgan fingerprint density at radius 2 is 2.38 bits per heavy atom. The van der Waals surface area contributed by atoms with Crippen LogP contribution in [-0.4, -0.2) is 45.9 Å². The van der Waals surface area contributed by atoms with Gasteiger partial charge < -0.3 is 16.4 Å². The molecule has 0 saturated carbocycles. The largest absolute Gasteiger partial charge is 0.368 e. The summed E-state index contributed by atoms with van der Waals surface area (Å²) < 4.78 is 1.23. The second kappa shape index (κ2) is 4.27. The van der Waals surface area contributed by atoms with Crippen molar-refractivity contribution in [2.45, 2.75) is 12.6 Å². The summed E-state index contributed by atoms with van der Waals surface area (Å²) in [6.45, 7) is 1.45. The molecule has 0 atom stereocenters. The molecule has 2 amide bonds. The highest BCUT2D eigenvalue weighted by Crippen LogP contribution is 1.96. The maximum absolute atomic E-state index is 11.6. The first-order valence-electron chi connectivity index (χ1n) is 4.85. The highest BCUT2D eigenvalue weighted by atomic mass is 16.2. The van der Waals surface area contributed by atoms with Gasteiger partial charge in [0.05, 0.1) is 12.2 Å². The van der Waals surface area contributed by atoms with Crippen LogP contribution < -0.4 is 16.4 Å². The van der Waals surface area contributed by atoms with Crippen molar-refractivity contribution < 1.29 is 9.59 Å². The molecule has 16 heavy (non-hydrogen) atoms. The third-order valence-corrected chi connectivity index (χ3v) is 2.21. The van der Waals surface area contributed by atoms with Crippen LogP contribution in [-0.2, 0) is 11.3 Å². The van der Waals surface area contributed by atoms with E-state index in [-0.39, 0.29) is 24.2 Å². The molecule has 1 aliphatic heterocycles. The van der Waals surface area contributed by atoms with Crippen molar-refractivity contribution in [1.82, 2.24) is 25.6 Å².